The maximum atomic E-state index is 5.15. The summed E-state index contributed by atoms with van der Waals surface area (Å²) >= 11 is 0. The van der Waals surface area contributed by atoms with E-state index < -0.39 is 0 Å². The summed E-state index contributed by atoms with van der Waals surface area (Å²) in [5, 5.41) is 15.2. The quantitative estimate of drug-likeness (QED) is 0.294. The molecule has 0 saturated heterocycles. The first-order chi connectivity index (χ1) is 14.4. The molecule has 0 fully saturated rings. The second kappa shape index (κ2) is 7.56. The summed E-state index contributed by atoms with van der Waals surface area (Å²) in [5.41, 5.74) is 0.950. The van der Waals surface area contributed by atoms with E-state index in [-0.39, 0.29) is 0 Å². The highest BCUT2D eigenvalue weighted by molar-refractivity contribution is 5.98. The Balaban J connectivity index is 0.000000125. The lowest BCUT2D eigenvalue weighted by molar-refractivity contribution is 0.569. The van der Waals surface area contributed by atoms with Gasteiger partial charge in [-0.1, -0.05) is 78.9 Å². The zero-order valence-electron chi connectivity index (χ0n) is 15.7. The van der Waals surface area contributed by atoms with Crippen molar-refractivity contribution in [2.45, 2.75) is 0 Å². The molecule has 0 atom stereocenters. The van der Waals surface area contributed by atoms with Crippen molar-refractivity contribution in [2.75, 3.05) is 0 Å². The van der Waals surface area contributed by atoms with Gasteiger partial charge in [-0.3, -0.25) is 0 Å². The van der Waals surface area contributed by atoms with E-state index in [4.69, 9.17) is 4.42 Å². The number of nitrogens with zero attached hydrogens (tertiary/aromatic N) is 2. The minimum Gasteiger partial charge on any atom is -0.423 e. The van der Waals surface area contributed by atoms with Crippen LogP contribution < -0.4 is 0 Å². The highest BCUT2D eigenvalue weighted by Gasteiger charge is 2.03. The number of benzene rings is 5. The largest absolute Gasteiger partial charge is 0.423 e. The monoisotopic (exact) mass is 374 g/mol. The van der Waals surface area contributed by atoms with Gasteiger partial charge in [0.25, 0.3) is 0 Å². The summed E-state index contributed by atoms with van der Waals surface area (Å²) in [7, 11) is 0. The van der Waals surface area contributed by atoms with Gasteiger partial charge in [0.1, 0.15) is 0 Å². The van der Waals surface area contributed by atoms with Crippen LogP contribution in [0.15, 0.2) is 114 Å². The number of hydrogen-bond acceptors (Lipinski definition) is 3. The van der Waals surface area contributed by atoms with Crippen LogP contribution in [0.5, 0.6) is 0 Å². The molecule has 1 heterocycles. The highest BCUT2D eigenvalue weighted by atomic mass is 16.4. The third-order valence-corrected chi connectivity index (χ3v) is 4.97. The third kappa shape index (κ3) is 3.58. The first-order valence-electron chi connectivity index (χ1n) is 9.50. The number of fused-ring (bicyclic) bond motifs is 3. The molecule has 6 rings (SSSR count). The van der Waals surface area contributed by atoms with Crippen LogP contribution in [0.4, 0.5) is 0 Å². The summed E-state index contributed by atoms with van der Waals surface area (Å²) < 4.78 is 5.15. The van der Waals surface area contributed by atoms with E-state index in [1.54, 1.807) is 0 Å². The van der Waals surface area contributed by atoms with E-state index in [9.17, 15) is 0 Å². The van der Waals surface area contributed by atoms with E-state index >= 15 is 0 Å². The predicted octanol–water partition coefficient (Wildman–Crippen LogP) is 6.88. The molecular weight excluding hydrogens is 356 g/mol. The predicted molar refractivity (Wildman–Crippen MR) is 119 cm³/mol. The molecule has 1 aromatic heterocycles. The summed E-state index contributed by atoms with van der Waals surface area (Å²) in [6.45, 7) is 0. The molecule has 3 nitrogen and oxygen atoms in total. The third-order valence-electron chi connectivity index (χ3n) is 4.97. The molecule has 5 aromatic carbocycles. The second-order valence-electron chi connectivity index (χ2n) is 6.85. The molecule has 0 bridgehead atoms. The molecule has 3 heteroatoms. The van der Waals surface area contributed by atoms with E-state index in [2.05, 4.69) is 89.1 Å². The summed E-state index contributed by atoms with van der Waals surface area (Å²) in [4.78, 5) is 0. The molecule has 0 radical (unpaired) electrons. The maximum Gasteiger partial charge on any atom is 0.247 e. The number of rotatable bonds is 1. The smallest absolute Gasteiger partial charge is 0.247 e. The molecule has 6 aromatic rings. The minimum atomic E-state index is 0.556. The number of hydrogen-bond donors (Lipinski definition) is 0. The molecule has 0 saturated carbocycles. The Morgan fingerprint density at radius 2 is 0.966 bits per heavy atom. The van der Waals surface area contributed by atoms with Crippen LogP contribution >= 0.6 is 0 Å². The van der Waals surface area contributed by atoms with Crippen molar-refractivity contribution in [3.8, 4) is 11.5 Å². The lowest BCUT2D eigenvalue weighted by atomic mass is 10.0. The van der Waals surface area contributed by atoms with Crippen molar-refractivity contribution in [1.29, 1.82) is 0 Å². The van der Waals surface area contributed by atoms with Crippen molar-refractivity contribution >= 4 is 32.3 Å². The molecule has 0 aliphatic heterocycles. The van der Waals surface area contributed by atoms with Crippen molar-refractivity contribution in [3.63, 3.8) is 0 Å². The van der Waals surface area contributed by atoms with E-state index in [0.29, 0.717) is 5.89 Å². The molecule has 0 N–H and O–H groups in total. The van der Waals surface area contributed by atoms with Crippen LogP contribution in [-0.2, 0) is 0 Å². The molecule has 0 amide bonds. The molecule has 138 valence electrons. The lowest BCUT2D eigenvalue weighted by Gasteiger charge is -2.00. The zero-order chi connectivity index (χ0) is 19.5. The van der Waals surface area contributed by atoms with E-state index in [1.165, 1.54) is 38.7 Å². The van der Waals surface area contributed by atoms with Gasteiger partial charge < -0.3 is 4.42 Å². The molecule has 0 aliphatic carbocycles. The van der Waals surface area contributed by atoms with Gasteiger partial charge in [0.05, 0.1) is 0 Å². The zero-order valence-corrected chi connectivity index (χ0v) is 15.7. The molecule has 0 spiro atoms. The Morgan fingerprint density at radius 1 is 0.483 bits per heavy atom. The van der Waals surface area contributed by atoms with Crippen molar-refractivity contribution in [3.05, 3.63) is 110 Å². The lowest BCUT2D eigenvalue weighted by Crippen LogP contribution is -1.78. The Labute approximate surface area is 168 Å². The van der Waals surface area contributed by atoms with Crippen LogP contribution in [0.3, 0.4) is 0 Å². The fourth-order valence-electron chi connectivity index (χ4n) is 3.50. The van der Waals surface area contributed by atoms with Gasteiger partial charge in [0.15, 0.2) is 0 Å². The van der Waals surface area contributed by atoms with Crippen LogP contribution in [0.25, 0.3) is 43.8 Å². The van der Waals surface area contributed by atoms with Crippen molar-refractivity contribution in [2.24, 2.45) is 0 Å². The minimum absolute atomic E-state index is 0.556. The highest BCUT2D eigenvalue weighted by Crippen LogP contribution is 2.23. The summed E-state index contributed by atoms with van der Waals surface area (Å²) in [6.07, 6.45) is 1.34. The van der Waals surface area contributed by atoms with Gasteiger partial charge in [0, 0.05) is 5.56 Å². The average molecular weight is 374 g/mol. The SMILES string of the molecule is c1ccc2cc(-c3nnco3)ccc2c1.c1ccc2cc3ccccc3cc2c1. The summed E-state index contributed by atoms with van der Waals surface area (Å²) in [5.74, 6) is 0.556. The van der Waals surface area contributed by atoms with Crippen LogP contribution in [0.2, 0.25) is 0 Å². The van der Waals surface area contributed by atoms with Crippen LogP contribution in [-0.4, -0.2) is 10.2 Å². The van der Waals surface area contributed by atoms with Crippen molar-refractivity contribution < 1.29 is 4.42 Å². The Kier molecular flexibility index (Phi) is 4.47. The fourth-order valence-corrected chi connectivity index (χ4v) is 3.50. The van der Waals surface area contributed by atoms with Gasteiger partial charge in [-0.2, -0.15) is 0 Å². The second-order valence-corrected chi connectivity index (χ2v) is 6.85. The fraction of sp³-hybridized carbons (Fsp3) is 0. The topological polar surface area (TPSA) is 38.9 Å². The van der Waals surface area contributed by atoms with Gasteiger partial charge in [0.2, 0.25) is 12.3 Å². The summed E-state index contributed by atoms with van der Waals surface area (Å²) in [6, 6.07) is 35.7. The Morgan fingerprint density at radius 3 is 1.45 bits per heavy atom. The van der Waals surface area contributed by atoms with E-state index in [1.807, 2.05) is 24.3 Å². The van der Waals surface area contributed by atoms with Crippen molar-refractivity contribution in [1.82, 2.24) is 10.2 Å². The Hall–Kier alpha value is -3.98. The molecule has 0 unspecified atom stereocenters. The van der Waals surface area contributed by atoms with Crippen LogP contribution in [0.1, 0.15) is 0 Å². The van der Waals surface area contributed by atoms with Crippen LogP contribution in [0, 0.1) is 0 Å². The standard InChI is InChI=1S/C14H10.C12H8N2O/c1-2-6-12-10-14-8-4-3-7-13(14)9-11(12)5-1;1-2-4-10-7-11(6-5-9(10)3-1)12-14-13-8-15-12/h1-10H;1-8H. The number of aromatic nitrogens is 2. The van der Waals surface area contributed by atoms with Gasteiger partial charge >= 0.3 is 0 Å². The molecular formula is C26H18N2O. The molecule has 0 aliphatic rings. The van der Waals surface area contributed by atoms with E-state index in [0.717, 1.165) is 5.56 Å². The van der Waals surface area contributed by atoms with Gasteiger partial charge in [-0.05, 0) is 56.6 Å². The average Bonchev–Trinajstić information content (AvgIpc) is 3.33. The first kappa shape index (κ1) is 17.1. The van der Waals surface area contributed by atoms with Gasteiger partial charge in [-0.25, -0.2) is 0 Å². The van der Waals surface area contributed by atoms with Gasteiger partial charge in [-0.15, -0.1) is 10.2 Å². The molecule has 29 heavy (non-hydrogen) atoms. The first-order valence-corrected chi connectivity index (χ1v) is 9.50. The maximum absolute atomic E-state index is 5.15. The Bertz CT molecular complexity index is 1300. The normalized spacial score (nSPS) is 10.8.